The van der Waals surface area contributed by atoms with Crippen molar-refractivity contribution in [3.8, 4) is 22.6 Å². The average Bonchev–Trinajstić information content (AvgIpc) is 2.58. The van der Waals surface area contributed by atoms with E-state index >= 15 is 0 Å². The van der Waals surface area contributed by atoms with E-state index < -0.39 is 12.1 Å². The molecule has 1 aliphatic heterocycles. The lowest BCUT2D eigenvalue weighted by Gasteiger charge is -2.28. The van der Waals surface area contributed by atoms with E-state index in [1.165, 1.54) is 22.3 Å². The number of carbonyl (C=O) groups is 1. The second-order valence-electron chi connectivity index (χ2n) is 6.33. The van der Waals surface area contributed by atoms with E-state index in [2.05, 4.69) is 49.5 Å². The number of aliphatic carboxylic acids is 1. The van der Waals surface area contributed by atoms with Gasteiger partial charge in [-0.1, -0.05) is 24.3 Å². The molecular weight excluding hydrogens is 375 g/mol. The van der Waals surface area contributed by atoms with Crippen LogP contribution in [0.2, 0.25) is 0 Å². The van der Waals surface area contributed by atoms with Gasteiger partial charge in [0.15, 0.2) is 11.5 Å². The number of rotatable bonds is 4. The Morgan fingerprint density at radius 1 is 1.11 bits per heavy atom. The maximum Gasteiger partial charge on any atom is 0.490 e. The second kappa shape index (κ2) is 8.97. The Morgan fingerprint density at radius 3 is 2.11 bits per heavy atom. The fourth-order valence-corrected chi connectivity index (χ4v) is 2.72. The summed E-state index contributed by atoms with van der Waals surface area (Å²) in [6.07, 6.45) is -4.84. The smallest absolute Gasteiger partial charge is 0.490 e. The van der Waals surface area contributed by atoms with Crippen LogP contribution in [-0.4, -0.2) is 43.6 Å². The van der Waals surface area contributed by atoms with Gasteiger partial charge in [-0.2, -0.15) is 13.2 Å². The zero-order valence-electron chi connectivity index (χ0n) is 15.8. The molecule has 1 fully saturated rings. The van der Waals surface area contributed by atoms with Crippen molar-refractivity contribution in [3.63, 3.8) is 0 Å². The topological polar surface area (TPSA) is 67.8 Å². The van der Waals surface area contributed by atoms with Gasteiger partial charge in [-0.25, -0.2) is 4.79 Å². The molecule has 152 valence electrons. The fourth-order valence-electron chi connectivity index (χ4n) is 2.72. The third kappa shape index (κ3) is 5.39. The van der Waals surface area contributed by atoms with Crippen LogP contribution >= 0.6 is 0 Å². The van der Waals surface area contributed by atoms with E-state index in [0.717, 1.165) is 24.6 Å². The highest BCUT2D eigenvalue weighted by atomic mass is 19.4. The van der Waals surface area contributed by atoms with Crippen LogP contribution in [0.5, 0.6) is 11.5 Å². The van der Waals surface area contributed by atoms with Crippen molar-refractivity contribution in [2.45, 2.75) is 26.1 Å². The zero-order chi connectivity index (χ0) is 20.9. The minimum Gasteiger partial charge on any atom is -0.493 e. The molecule has 0 unspecified atom stereocenters. The number of hydrogen-bond acceptors (Lipinski definition) is 4. The second-order valence-corrected chi connectivity index (χ2v) is 6.33. The number of benzene rings is 2. The van der Waals surface area contributed by atoms with Gasteiger partial charge in [-0.3, -0.25) is 0 Å². The number of carboxylic acids is 1. The first-order chi connectivity index (χ1) is 13.1. The Balaban J connectivity index is 0.000000345. The van der Waals surface area contributed by atoms with Crippen LogP contribution in [0.1, 0.15) is 11.1 Å². The van der Waals surface area contributed by atoms with E-state index in [1.807, 2.05) is 6.07 Å². The van der Waals surface area contributed by atoms with Crippen LogP contribution in [0.3, 0.4) is 0 Å². The molecule has 28 heavy (non-hydrogen) atoms. The van der Waals surface area contributed by atoms with Gasteiger partial charge in [-0.15, -0.1) is 0 Å². The monoisotopic (exact) mass is 397 g/mol. The first-order valence-electron chi connectivity index (χ1n) is 8.55. The molecule has 8 heteroatoms. The molecule has 1 saturated heterocycles. The largest absolute Gasteiger partial charge is 0.493 e. The molecular formula is C20H22F3NO4. The SMILES string of the molecule is COc1ccc(-c2c(C)cccc2C)cc1OC1CNC1.O=C(O)C(F)(F)F. The molecule has 1 heterocycles. The van der Waals surface area contributed by atoms with Crippen LogP contribution in [0.25, 0.3) is 11.1 Å². The summed E-state index contributed by atoms with van der Waals surface area (Å²) in [7, 11) is 1.68. The number of ether oxygens (including phenoxy) is 2. The molecule has 5 nitrogen and oxygen atoms in total. The summed E-state index contributed by atoms with van der Waals surface area (Å²) >= 11 is 0. The lowest BCUT2D eigenvalue weighted by molar-refractivity contribution is -0.192. The average molecular weight is 397 g/mol. The highest BCUT2D eigenvalue weighted by molar-refractivity contribution is 5.73. The predicted octanol–water partition coefficient (Wildman–Crippen LogP) is 3.96. The molecule has 0 atom stereocenters. The van der Waals surface area contributed by atoms with Crippen LogP contribution in [0, 0.1) is 13.8 Å². The number of halogens is 3. The van der Waals surface area contributed by atoms with Gasteiger partial charge in [0.2, 0.25) is 0 Å². The van der Waals surface area contributed by atoms with Crippen molar-refractivity contribution in [3.05, 3.63) is 47.5 Å². The highest BCUT2D eigenvalue weighted by Gasteiger charge is 2.38. The number of nitrogens with one attached hydrogen (secondary N) is 1. The number of hydrogen-bond donors (Lipinski definition) is 2. The number of aryl methyl sites for hydroxylation is 2. The molecule has 3 rings (SSSR count). The standard InChI is InChI=1S/C18H21NO2.C2HF3O2/c1-12-5-4-6-13(2)18(12)14-7-8-16(20-3)17(9-14)21-15-10-19-11-15;3-2(4,5)1(6)7/h4-9,15,19H,10-11H2,1-3H3;(H,6,7). The third-order valence-electron chi connectivity index (χ3n) is 4.21. The Morgan fingerprint density at radius 2 is 1.68 bits per heavy atom. The third-order valence-corrected chi connectivity index (χ3v) is 4.21. The molecule has 2 N–H and O–H groups in total. The molecule has 1 aliphatic rings. The van der Waals surface area contributed by atoms with E-state index in [0.29, 0.717) is 0 Å². The molecule has 2 aromatic carbocycles. The van der Waals surface area contributed by atoms with Crippen molar-refractivity contribution < 1.29 is 32.5 Å². The molecule has 0 aromatic heterocycles. The lowest BCUT2D eigenvalue weighted by Crippen LogP contribution is -2.50. The fraction of sp³-hybridized carbons (Fsp3) is 0.350. The molecule has 2 aromatic rings. The van der Waals surface area contributed by atoms with E-state index in [1.54, 1.807) is 7.11 Å². The summed E-state index contributed by atoms with van der Waals surface area (Å²) in [4.78, 5) is 8.90. The van der Waals surface area contributed by atoms with Crippen LogP contribution in [0.4, 0.5) is 13.2 Å². The minimum atomic E-state index is -5.08. The Kier molecular flexibility index (Phi) is 6.90. The van der Waals surface area contributed by atoms with Crippen LogP contribution in [-0.2, 0) is 4.79 Å². The van der Waals surface area contributed by atoms with Gasteiger partial charge in [0.1, 0.15) is 6.10 Å². The zero-order valence-corrected chi connectivity index (χ0v) is 15.8. The van der Waals surface area contributed by atoms with Crippen LogP contribution in [0.15, 0.2) is 36.4 Å². The molecule has 0 aliphatic carbocycles. The normalized spacial score (nSPS) is 13.8. The summed E-state index contributed by atoms with van der Waals surface area (Å²) in [5.74, 6) is -1.14. The van der Waals surface area contributed by atoms with E-state index in [4.69, 9.17) is 19.4 Å². The summed E-state index contributed by atoms with van der Waals surface area (Å²) in [5.41, 5.74) is 5.00. The first-order valence-corrected chi connectivity index (χ1v) is 8.55. The number of carboxylic acid groups (broad SMARTS) is 1. The quantitative estimate of drug-likeness (QED) is 0.817. The maximum atomic E-state index is 10.6. The van der Waals surface area contributed by atoms with Gasteiger partial charge in [-0.05, 0) is 48.2 Å². The maximum absolute atomic E-state index is 10.6. The van der Waals surface area contributed by atoms with Crippen molar-refractivity contribution in [2.75, 3.05) is 20.2 Å². The molecule has 0 spiro atoms. The molecule has 0 saturated carbocycles. The van der Waals surface area contributed by atoms with Crippen molar-refractivity contribution >= 4 is 5.97 Å². The van der Waals surface area contributed by atoms with E-state index in [9.17, 15) is 13.2 Å². The summed E-state index contributed by atoms with van der Waals surface area (Å²) in [6.45, 7) is 6.08. The molecule has 0 radical (unpaired) electrons. The predicted molar refractivity (Wildman–Crippen MR) is 98.9 cm³/mol. The summed E-state index contributed by atoms with van der Waals surface area (Å²) in [5, 5.41) is 10.3. The first kappa shape index (κ1) is 21.6. The lowest BCUT2D eigenvalue weighted by atomic mass is 9.95. The highest BCUT2D eigenvalue weighted by Crippen LogP contribution is 2.36. The molecule has 0 bridgehead atoms. The Hall–Kier alpha value is -2.74. The van der Waals surface area contributed by atoms with Crippen molar-refractivity contribution in [1.82, 2.24) is 5.32 Å². The van der Waals surface area contributed by atoms with Crippen molar-refractivity contribution in [2.24, 2.45) is 0 Å². The summed E-state index contributed by atoms with van der Waals surface area (Å²) < 4.78 is 43.2. The van der Waals surface area contributed by atoms with Crippen LogP contribution < -0.4 is 14.8 Å². The number of alkyl halides is 3. The van der Waals surface area contributed by atoms with Gasteiger partial charge in [0, 0.05) is 13.1 Å². The number of methoxy groups -OCH3 is 1. The Bertz CT molecular complexity index is 812. The summed E-state index contributed by atoms with van der Waals surface area (Å²) in [6, 6.07) is 12.6. The van der Waals surface area contributed by atoms with E-state index in [-0.39, 0.29) is 6.10 Å². The van der Waals surface area contributed by atoms with Gasteiger partial charge < -0.3 is 19.9 Å². The Labute approximate surface area is 161 Å². The van der Waals surface area contributed by atoms with Gasteiger partial charge in [0.05, 0.1) is 7.11 Å². The van der Waals surface area contributed by atoms with Gasteiger partial charge >= 0.3 is 12.1 Å². The molecule has 0 amide bonds. The minimum absolute atomic E-state index is 0.243. The van der Waals surface area contributed by atoms with Crippen molar-refractivity contribution in [1.29, 1.82) is 0 Å². The van der Waals surface area contributed by atoms with Gasteiger partial charge in [0.25, 0.3) is 0 Å².